The average Bonchev–Trinajstić information content (AvgIpc) is 2.29. The van der Waals surface area contributed by atoms with Gasteiger partial charge in [-0.05, 0) is 18.3 Å². The summed E-state index contributed by atoms with van der Waals surface area (Å²) in [6.07, 6.45) is 7.43. The van der Waals surface area contributed by atoms with Crippen molar-refractivity contribution in [2.24, 2.45) is 5.41 Å². The number of nitrogens with zero attached hydrogens (tertiary/aromatic N) is 1. The van der Waals surface area contributed by atoms with Gasteiger partial charge in [0.1, 0.15) is 0 Å². The second-order valence-electron chi connectivity index (χ2n) is 4.49. The minimum Gasteiger partial charge on any atom is -0.345 e. The third-order valence-corrected chi connectivity index (χ3v) is 3.44. The van der Waals surface area contributed by atoms with Gasteiger partial charge in [-0.25, -0.2) is 0 Å². The van der Waals surface area contributed by atoms with Gasteiger partial charge in [-0.3, -0.25) is 4.79 Å². The fourth-order valence-electron chi connectivity index (χ4n) is 2.74. The molecule has 1 spiro atoms. The van der Waals surface area contributed by atoms with Crippen LogP contribution in [0.5, 0.6) is 0 Å². The van der Waals surface area contributed by atoms with Gasteiger partial charge >= 0.3 is 0 Å². The molecule has 0 aromatic rings. The molecule has 0 radical (unpaired) electrons. The quantitative estimate of drug-likeness (QED) is 0.538. The van der Waals surface area contributed by atoms with Crippen molar-refractivity contribution in [3.63, 3.8) is 0 Å². The van der Waals surface area contributed by atoms with Crippen LogP contribution >= 0.6 is 0 Å². The van der Waals surface area contributed by atoms with E-state index in [9.17, 15) is 4.79 Å². The minimum atomic E-state index is 0.358. The van der Waals surface area contributed by atoms with E-state index >= 15 is 0 Å². The minimum absolute atomic E-state index is 0.358. The molecule has 12 heavy (non-hydrogen) atoms. The largest absolute Gasteiger partial charge is 0.345 e. The molecule has 2 heteroatoms. The number of likely N-dealkylation sites (tertiary alicyclic amines) is 1. The van der Waals surface area contributed by atoms with Crippen LogP contribution in [0.2, 0.25) is 0 Å². The maximum absolute atomic E-state index is 11.4. The normalized spacial score (nSPS) is 28.4. The number of rotatable bonds is 0. The molecule has 0 aromatic heterocycles. The Kier molecular flexibility index (Phi) is 1.85. The number of carbonyl (C=O) groups excluding carboxylic acids is 1. The molecule has 0 bridgehead atoms. The van der Waals surface area contributed by atoms with Crippen molar-refractivity contribution in [2.75, 3.05) is 13.6 Å². The fourth-order valence-corrected chi connectivity index (χ4v) is 2.74. The van der Waals surface area contributed by atoms with E-state index in [1.165, 1.54) is 32.1 Å². The maximum Gasteiger partial charge on any atom is 0.222 e. The highest BCUT2D eigenvalue weighted by Gasteiger charge is 2.41. The van der Waals surface area contributed by atoms with Crippen LogP contribution in [0.25, 0.3) is 0 Å². The lowest BCUT2D eigenvalue weighted by Crippen LogP contribution is -2.27. The maximum atomic E-state index is 11.4. The van der Waals surface area contributed by atoms with E-state index in [4.69, 9.17) is 0 Å². The SMILES string of the molecule is CN1CC2(CCCCC2)CC1=O. The zero-order valence-electron chi connectivity index (χ0n) is 7.81. The van der Waals surface area contributed by atoms with Crippen molar-refractivity contribution in [3.8, 4) is 0 Å². The summed E-state index contributed by atoms with van der Waals surface area (Å²) in [5.41, 5.74) is 0.393. The van der Waals surface area contributed by atoms with E-state index in [0.717, 1.165) is 13.0 Å². The Morgan fingerprint density at radius 2 is 1.92 bits per heavy atom. The summed E-state index contributed by atoms with van der Waals surface area (Å²) in [5.74, 6) is 0.358. The molecule has 2 aliphatic rings. The summed E-state index contributed by atoms with van der Waals surface area (Å²) < 4.78 is 0. The van der Waals surface area contributed by atoms with Crippen molar-refractivity contribution in [3.05, 3.63) is 0 Å². The van der Waals surface area contributed by atoms with Crippen molar-refractivity contribution in [1.82, 2.24) is 4.90 Å². The molecular weight excluding hydrogens is 150 g/mol. The van der Waals surface area contributed by atoms with Crippen LogP contribution in [-0.2, 0) is 4.79 Å². The van der Waals surface area contributed by atoms with Gasteiger partial charge in [0.2, 0.25) is 5.91 Å². The highest BCUT2D eigenvalue weighted by molar-refractivity contribution is 5.79. The molecule has 2 rings (SSSR count). The van der Waals surface area contributed by atoms with Crippen molar-refractivity contribution in [2.45, 2.75) is 38.5 Å². The van der Waals surface area contributed by atoms with Crippen LogP contribution < -0.4 is 0 Å². The molecular formula is C10H17NO. The first-order valence-corrected chi connectivity index (χ1v) is 4.96. The topological polar surface area (TPSA) is 20.3 Å². The first-order valence-electron chi connectivity index (χ1n) is 4.96. The number of carbonyl (C=O) groups is 1. The summed E-state index contributed by atoms with van der Waals surface area (Å²) in [6.45, 7) is 1.02. The predicted molar refractivity (Wildman–Crippen MR) is 47.8 cm³/mol. The molecule has 0 atom stereocenters. The summed E-state index contributed by atoms with van der Waals surface area (Å²) in [4.78, 5) is 13.3. The molecule has 1 saturated carbocycles. The van der Waals surface area contributed by atoms with E-state index in [1.54, 1.807) is 0 Å². The lowest BCUT2D eigenvalue weighted by molar-refractivity contribution is -0.126. The molecule has 1 saturated heterocycles. The number of hydrogen-bond donors (Lipinski definition) is 0. The summed E-state index contributed by atoms with van der Waals surface area (Å²) in [6, 6.07) is 0. The van der Waals surface area contributed by atoms with E-state index in [-0.39, 0.29) is 0 Å². The van der Waals surface area contributed by atoms with Crippen LogP contribution in [0, 0.1) is 5.41 Å². The summed E-state index contributed by atoms with van der Waals surface area (Å²) >= 11 is 0. The Bertz CT molecular complexity index is 194. The number of hydrogen-bond acceptors (Lipinski definition) is 1. The van der Waals surface area contributed by atoms with Gasteiger partial charge < -0.3 is 4.90 Å². The lowest BCUT2D eigenvalue weighted by atomic mass is 9.73. The smallest absolute Gasteiger partial charge is 0.222 e. The zero-order chi connectivity index (χ0) is 8.60. The Balaban J connectivity index is 2.07. The van der Waals surface area contributed by atoms with Gasteiger partial charge in [-0.2, -0.15) is 0 Å². The first-order chi connectivity index (χ1) is 5.72. The standard InChI is InChI=1S/C10H17NO/c1-11-8-10(7-9(11)12)5-3-2-4-6-10/h2-8H2,1H3. The number of amides is 1. The summed E-state index contributed by atoms with van der Waals surface area (Å²) in [5, 5.41) is 0. The highest BCUT2D eigenvalue weighted by atomic mass is 16.2. The van der Waals surface area contributed by atoms with Crippen molar-refractivity contribution in [1.29, 1.82) is 0 Å². The van der Waals surface area contributed by atoms with Gasteiger partial charge in [-0.1, -0.05) is 19.3 Å². The third-order valence-electron chi connectivity index (χ3n) is 3.44. The van der Waals surface area contributed by atoms with Crippen LogP contribution in [0.15, 0.2) is 0 Å². The molecule has 68 valence electrons. The molecule has 0 unspecified atom stereocenters. The average molecular weight is 167 g/mol. The van der Waals surface area contributed by atoms with E-state index in [0.29, 0.717) is 11.3 Å². The van der Waals surface area contributed by atoms with Gasteiger partial charge in [0.25, 0.3) is 0 Å². The van der Waals surface area contributed by atoms with Gasteiger partial charge in [0, 0.05) is 20.0 Å². The van der Waals surface area contributed by atoms with Gasteiger partial charge in [-0.15, -0.1) is 0 Å². The monoisotopic (exact) mass is 167 g/mol. The third kappa shape index (κ3) is 1.23. The van der Waals surface area contributed by atoms with Crippen LogP contribution in [-0.4, -0.2) is 24.4 Å². The second-order valence-corrected chi connectivity index (χ2v) is 4.49. The summed E-state index contributed by atoms with van der Waals surface area (Å²) in [7, 11) is 1.94. The molecule has 1 heterocycles. The Morgan fingerprint density at radius 1 is 1.25 bits per heavy atom. The van der Waals surface area contributed by atoms with Crippen molar-refractivity contribution < 1.29 is 4.79 Å². The molecule has 2 fully saturated rings. The van der Waals surface area contributed by atoms with Gasteiger partial charge in [0.05, 0.1) is 0 Å². The lowest BCUT2D eigenvalue weighted by Gasteiger charge is -2.31. The highest BCUT2D eigenvalue weighted by Crippen LogP contribution is 2.43. The molecule has 1 aliphatic carbocycles. The Morgan fingerprint density at radius 3 is 2.42 bits per heavy atom. The first kappa shape index (κ1) is 8.09. The van der Waals surface area contributed by atoms with Crippen LogP contribution in [0.4, 0.5) is 0 Å². The van der Waals surface area contributed by atoms with E-state index < -0.39 is 0 Å². The molecule has 0 aromatic carbocycles. The molecule has 1 aliphatic heterocycles. The fraction of sp³-hybridized carbons (Fsp3) is 0.900. The second kappa shape index (κ2) is 2.75. The van der Waals surface area contributed by atoms with Crippen LogP contribution in [0.1, 0.15) is 38.5 Å². The molecule has 0 N–H and O–H groups in total. The van der Waals surface area contributed by atoms with E-state index in [2.05, 4.69) is 0 Å². The Hall–Kier alpha value is -0.530. The Labute approximate surface area is 73.9 Å². The molecule has 2 nitrogen and oxygen atoms in total. The van der Waals surface area contributed by atoms with Crippen molar-refractivity contribution >= 4 is 5.91 Å². The molecule has 1 amide bonds. The van der Waals surface area contributed by atoms with Gasteiger partial charge in [0.15, 0.2) is 0 Å². The van der Waals surface area contributed by atoms with Crippen LogP contribution in [0.3, 0.4) is 0 Å². The predicted octanol–water partition coefficient (Wildman–Crippen LogP) is 1.80. The zero-order valence-corrected chi connectivity index (χ0v) is 7.81. The van der Waals surface area contributed by atoms with E-state index in [1.807, 2.05) is 11.9 Å².